The lowest BCUT2D eigenvalue weighted by Crippen LogP contribution is -2.15. The van der Waals surface area contributed by atoms with Gasteiger partial charge in [0.2, 0.25) is 0 Å². The Morgan fingerprint density at radius 3 is 2.87 bits per heavy atom. The van der Waals surface area contributed by atoms with Crippen LogP contribution in [0.15, 0.2) is 69.9 Å². The fourth-order valence-corrected chi connectivity index (χ4v) is 3.52. The van der Waals surface area contributed by atoms with Gasteiger partial charge in [-0.15, -0.1) is 0 Å². The highest BCUT2D eigenvalue weighted by Crippen LogP contribution is 2.25. The number of halogens is 2. The molecule has 0 aliphatic heterocycles. The predicted octanol–water partition coefficient (Wildman–Crippen LogP) is 5.48. The summed E-state index contributed by atoms with van der Waals surface area (Å²) in [6.45, 7) is 2.42. The van der Waals surface area contributed by atoms with Crippen LogP contribution in [0.3, 0.4) is 0 Å². The Hall–Kier alpha value is -3.10. The van der Waals surface area contributed by atoms with Crippen molar-refractivity contribution in [3.05, 3.63) is 93.0 Å². The van der Waals surface area contributed by atoms with Gasteiger partial charge in [-0.2, -0.15) is 5.10 Å². The first-order chi connectivity index (χ1) is 15.0. The monoisotopic (exact) mass is 500 g/mol. The number of amides is 1. The molecule has 1 amide bonds. The average molecular weight is 502 g/mol. The van der Waals surface area contributed by atoms with E-state index in [2.05, 4.69) is 31.5 Å². The molecule has 2 aromatic heterocycles. The molecule has 4 rings (SSSR count). The van der Waals surface area contributed by atoms with Crippen molar-refractivity contribution in [2.75, 3.05) is 5.32 Å². The first-order valence-corrected chi connectivity index (χ1v) is 10.6. The summed E-state index contributed by atoms with van der Waals surface area (Å²) in [6.07, 6.45) is 3.61. The summed E-state index contributed by atoms with van der Waals surface area (Å²) in [4.78, 5) is 12.9. The number of rotatable bonds is 7. The number of benzene rings is 2. The second kappa shape index (κ2) is 9.36. The van der Waals surface area contributed by atoms with E-state index in [1.54, 1.807) is 29.9 Å². The van der Waals surface area contributed by atoms with Crippen molar-refractivity contribution in [2.45, 2.75) is 20.1 Å². The van der Waals surface area contributed by atoms with Crippen molar-refractivity contribution in [1.82, 2.24) is 14.9 Å². The minimum atomic E-state index is -0.381. The third-order valence-electron chi connectivity index (χ3n) is 4.54. The zero-order valence-electron chi connectivity index (χ0n) is 16.5. The van der Waals surface area contributed by atoms with Gasteiger partial charge in [0.25, 0.3) is 5.91 Å². The Balaban J connectivity index is 1.47. The fourth-order valence-electron chi connectivity index (χ4n) is 3.00. The Morgan fingerprint density at radius 2 is 2.10 bits per heavy atom. The molecule has 158 valence electrons. The van der Waals surface area contributed by atoms with Crippen LogP contribution in [0, 0.1) is 6.92 Å². The number of ether oxygens (including phenoxy) is 1. The highest BCUT2D eigenvalue weighted by molar-refractivity contribution is 9.10. The molecule has 0 radical (unpaired) electrons. The van der Waals surface area contributed by atoms with E-state index in [9.17, 15) is 4.79 Å². The molecule has 0 fully saturated rings. The fraction of sp³-hybridized carbons (Fsp3) is 0.136. The van der Waals surface area contributed by atoms with Crippen molar-refractivity contribution in [3.8, 4) is 5.75 Å². The van der Waals surface area contributed by atoms with Crippen LogP contribution in [0.4, 0.5) is 5.69 Å². The van der Waals surface area contributed by atoms with Crippen LogP contribution in [0.2, 0.25) is 5.02 Å². The van der Waals surface area contributed by atoms with Gasteiger partial charge in [-0.1, -0.05) is 41.0 Å². The first-order valence-electron chi connectivity index (χ1n) is 9.40. The minimum Gasteiger partial charge on any atom is -0.487 e. The number of hydrogen-bond donors (Lipinski definition) is 1. The lowest BCUT2D eigenvalue weighted by molar-refractivity contribution is 0.101. The Bertz CT molecular complexity index is 1220. The normalized spacial score (nSPS) is 10.8. The number of carbonyl (C=O) groups excluding carboxylic acids is 1. The topological polar surface area (TPSA) is 82.2 Å². The summed E-state index contributed by atoms with van der Waals surface area (Å²) in [5.41, 5.74) is 2.38. The molecule has 9 heteroatoms. The quantitative estimate of drug-likeness (QED) is 0.363. The van der Waals surface area contributed by atoms with E-state index >= 15 is 0 Å². The number of hydrogen-bond acceptors (Lipinski definition) is 5. The number of nitrogens with zero attached hydrogens (tertiary/aromatic N) is 3. The largest absolute Gasteiger partial charge is 0.487 e. The van der Waals surface area contributed by atoms with Crippen molar-refractivity contribution in [1.29, 1.82) is 0 Å². The number of carbonyl (C=O) groups is 1. The Labute approximate surface area is 192 Å². The van der Waals surface area contributed by atoms with Crippen molar-refractivity contribution in [2.24, 2.45) is 0 Å². The third-order valence-corrected chi connectivity index (χ3v) is 5.26. The van der Waals surface area contributed by atoms with E-state index < -0.39 is 0 Å². The maximum absolute atomic E-state index is 12.9. The Kier molecular flexibility index (Phi) is 6.39. The second-order valence-corrected chi connectivity index (χ2v) is 8.12. The van der Waals surface area contributed by atoms with Gasteiger partial charge in [0.05, 0.1) is 27.8 Å². The van der Waals surface area contributed by atoms with Gasteiger partial charge < -0.3 is 14.6 Å². The van der Waals surface area contributed by atoms with E-state index in [1.165, 1.54) is 0 Å². The van der Waals surface area contributed by atoms with Crippen molar-refractivity contribution >= 4 is 39.1 Å². The van der Waals surface area contributed by atoms with Crippen molar-refractivity contribution < 1.29 is 14.1 Å². The lowest BCUT2D eigenvalue weighted by Gasteiger charge is -2.09. The first kappa shape index (κ1) is 21.1. The number of anilines is 1. The summed E-state index contributed by atoms with van der Waals surface area (Å²) in [7, 11) is 0. The molecule has 31 heavy (non-hydrogen) atoms. The standard InChI is InChI=1S/C22H18BrClN4O3/c1-14-18(13-30-20-8-3-2-7-19(20)24)21(27-31-14)22(29)26-17-6-4-5-15(9-17)11-28-12-16(23)10-25-28/h2-10,12H,11,13H2,1H3,(H,26,29). The SMILES string of the molecule is Cc1onc(C(=O)Nc2cccc(Cn3cc(Br)cn3)c2)c1COc1ccccc1Cl. The van der Waals surface area contributed by atoms with E-state index in [4.69, 9.17) is 20.9 Å². The summed E-state index contributed by atoms with van der Waals surface area (Å²) in [6, 6.07) is 14.7. The Morgan fingerprint density at radius 1 is 1.26 bits per heavy atom. The third kappa shape index (κ3) is 5.15. The minimum absolute atomic E-state index is 0.107. The highest BCUT2D eigenvalue weighted by Gasteiger charge is 2.21. The maximum atomic E-state index is 12.9. The molecule has 0 unspecified atom stereocenters. The molecule has 0 spiro atoms. The zero-order chi connectivity index (χ0) is 21.8. The van der Waals surface area contributed by atoms with E-state index in [-0.39, 0.29) is 18.2 Å². The lowest BCUT2D eigenvalue weighted by atomic mass is 10.1. The molecule has 4 aromatic rings. The molecule has 7 nitrogen and oxygen atoms in total. The van der Waals surface area contributed by atoms with Gasteiger partial charge in [0.1, 0.15) is 18.1 Å². The predicted molar refractivity (Wildman–Crippen MR) is 120 cm³/mol. The summed E-state index contributed by atoms with van der Waals surface area (Å²) < 4.78 is 13.7. The molecule has 0 saturated carbocycles. The van der Waals surface area contributed by atoms with Gasteiger partial charge >= 0.3 is 0 Å². The van der Waals surface area contributed by atoms with Gasteiger partial charge in [0, 0.05) is 11.9 Å². The van der Waals surface area contributed by atoms with Crippen LogP contribution in [-0.2, 0) is 13.2 Å². The number of aryl methyl sites for hydroxylation is 1. The number of nitrogens with one attached hydrogen (secondary N) is 1. The van der Waals surface area contributed by atoms with E-state index in [1.807, 2.05) is 42.6 Å². The molecule has 0 saturated heterocycles. The molecule has 1 N–H and O–H groups in total. The maximum Gasteiger partial charge on any atom is 0.278 e. The van der Waals surface area contributed by atoms with Gasteiger partial charge in [-0.05, 0) is 52.7 Å². The summed E-state index contributed by atoms with van der Waals surface area (Å²) in [5, 5.41) is 11.5. The van der Waals surface area contributed by atoms with Crippen molar-refractivity contribution in [3.63, 3.8) is 0 Å². The zero-order valence-corrected chi connectivity index (χ0v) is 18.9. The molecule has 0 aliphatic rings. The average Bonchev–Trinajstić information content (AvgIpc) is 3.32. The van der Waals surface area contributed by atoms with Crippen LogP contribution in [-0.4, -0.2) is 20.8 Å². The summed E-state index contributed by atoms with van der Waals surface area (Å²) >= 11 is 9.52. The van der Waals surface area contributed by atoms with Crippen LogP contribution < -0.4 is 10.1 Å². The molecular formula is C22H18BrClN4O3. The summed E-state index contributed by atoms with van der Waals surface area (Å²) in [5.74, 6) is 0.651. The van der Waals surface area contributed by atoms with Gasteiger partial charge in [0.15, 0.2) is 5.69 Å². The van der Waals surface area contributed by atoms with Crippen LogP contribution in [0.5, 0.6) is 5.75 Å². The van der Waals surface area contributed by atoms with E-state index in [0.29, 0.717) is 34.3 Å². The molecular weight excluding hydrogens is 484 g/mol. The molecule has 0 aliphatic carbocycles. The van der Waals surface area contributed by atoms with Gasteiger partial charge in [-0.3, -0.25) is 9.48 Å². The molecule has 2 aromatic carbocycles. The van der Waals surface area contributed by atoms with Crippen LogP contribution in [0.1, 0.15) is 27.4 Å². The molecule has 0 atom stereocenters. The van der Waals surface area contributed by atoms with Crippen LogP contribution in [0.25, 0.3) is 0 Å². The van der Waals surface area contributed by atoms with E-state index in [0.717, 1.165) is 10.0 Å². The van der Waals surface area contributed by atoms with Crippen LogP contribution >= 0.6 is 27.5 Å². The van der Waals surface area contributed by atoms with Gasteiger partial charge in [-0.25, -0.2) is 0 Å². The second-order valence-electron chi connectivity index (χ2n) is 6.80. The molecule has 0 bridgehead atoms. The number of aromatic nitrogens is 3. The molecule has 2 heterocycles. The highest BCUT2D eigenvalue weighted by atomic mass is 79.9. The smallest absolute Gasteiger partial charge is 0.278 e. The number of para-hydroxylation sites is 1.